The number of anilines is 2. The fourth-order valence-electron chi connectivity index (χ4n) is 2.28. The molecule has 0 radical (unpaired) electrons. The Morgan fingerprint density at radius 2 is 1.96 bits per heavy atom. The molecular weight excluding hydrogens is 420 g/mol. The van der Waals surface area contributed by atoms with Gasteiger partial charge in [-0.05, 0) is 36.4 Å². The molecule has 9 heteroatoms. The van der Waals surface area contributed by atoms with Crippen molar-refractivity contribution in [2.24, 2.45) is 4.99 Å². The molecule has 2 aromatic carbocycles. The van der Waals surface area contributed by atoms with Crippen LogP contribution in [-0.4, -0.2) is 23.0 Å². The van der Waals surface area contributed by atoms with Gasteiger partial charge in [-0.2, -0.15) is 0 Å². The molecule has 0 saturated carbocycles. The van der Waals surface area contributed by atoms with Gasteiger partial charge >= 0.3 is 6.03 Å². The van der Waals surface area contributed by atoms with Crippen LogP contribution in [0, 0.1) is 5.82 Å². The fraction of sp³-hybridized carbons (Fsp3) is 0.176. The van der Waals surface area contributed by atoms with Gasteiger partial charge in [-0.25, -0.2) is 14.1 Å². The Bertz CT molecular complexity index is 894. The van der Waals surface area contributed by atoms with Crippen molar-refractivity contribution in [2.45, 2.75) is 12.2 Å². The number of carbonyl (C=O) groups excluding carboxylic acids is 1. The molecule has 0 fully saturated rings. The van der Waals surface area contributed by atoms with Crippen molar-refractivity contribution in [3.8, 4) is 0 Å². The molecule has 0 spiro atoms. The molecular formula is C17H13Cl3FN3OS. The first-order valence-corrected chi connectivity index (χ1v) is 9.59. The maximum atomic E-state index is 13.5. The normalized spacial score (nSPS) is 16.3. The van der Waals surface area contributed by atoms with E-state index in [1.165, 1.54) is 34.9 Å². The van der Waals surface area contributed by atoms with Crippen LogP contribution in [0.3, 0.4) is 0 Å². The number of benzene rings is 2. The quantitative estimate of drug-likeness (QED) is 0.604. The monoisotopic (exact) mass is 431 g/mol. The fourth-order valence-corrected chi connectivity index (χ4v) is 3.70. The van der Waals surface area contributed by atoms with E-state index in [1.54, 1.807) is 18.2 Å². The molecule has 1 aliphatic rings. The summed E-state index contributed by atoms with van der Waals surface area (Å²) in [5.41, 5.74) is 0.883. The van der Waals surface area contributed by atoms with Crippen LogP contribution in [0.15, 0.2) is 41.4 Å². The Balaban J connectivity index is 1.93. The lowest BCUT2D eigenvalue weighted by molar-refractivity contribution is 0.259. The predicted octanol–water partition coefficient (Wildman–Crippen LogP) is 6.32. The summed E-state index contributed by atoms with van der Waals surface area (Å²) in [6.07, 6.45) is 0. The Kier molecular flexibility index (Phi) is 5.97. The third-order valence-corrected chi connectivity index (χ3v) is 5.62. The van der Waals surface area contributed by atoms with E-state index < -0.39 is 11.8 Å². The predicted molar refractivity (Wildman–Crippen MR) is 109 cm³/mol. The van der Waals surface area contributed by atoms with Crippen molar-refractivity contribution in [2.75, 3.05) is 16.8 Å². The Morgan fingerprint density at radius 3 is 2.58 bits per heavy atom. The highest BCUT2D eigenvalue weighted by atomic mass is 35.5. The van der Waals surface area contributed by atoms with E-state index in [-0.39, 0.29) is 10.3 Å². The second-order valence-electron chi connectivity index (χ2n) is 5.54. The summed E-state index contributed by atoms with van der Waals surface area (Å²) in [6, 6.07) is 8.37. The molecule has 3 rings (SSSR count). The topological polar surface area (TPSA) is 44.7 Å². The minimum absolute atomic E-state index is 0.0773. The molecule has 1 heterocycles. The SMILES string of the molecule is C[C@@H]1CN=C(N(C(=O)Nc2ccc(Cl)c(Cl)c2)c2ccc(F)c(Cl)c2)S1. The average molecular weight is 433 g/mol. The molecule has 1 N–H and O–H groups in total. The van der Waals surface area contributed by atoms with Crippen LogP contribution in [0.25, 0.3) is 0 Å². The number of urea groups is 1. The first kappa shape index (κ1) is 19.3. The Labute approximate surface area is 169 Å². The molecule has 4 nitrogen and oxygen atoms in total. The van der Waals surface area contributed by atoms with Gasteiger partial charge in [0, 0.05) is 10.9 Å². The molecule has 2 aromatic rings. The molecule has 26 heavy (non-hydrogen) atoms. The van der Waals surface area contributed by atoms with Crippen molar-refractivity contribution >= 4 is 69.1 Å². The molecule has 136 valence electrons. The number of halogens is 4. The summed E-state index contributed by atoms with van der Waals surface area (Å²) in [7, 11) is 0. The maximum absolute atomic E-state index is 13.5. The van der Waals surface area contributed by atoms with Crippen LogP contribution < -0.4 is 10.2 Å². The first-order valence-electron chi connectivity index (χ1n) is 7.57. The van der Waals surface area contributed by atoms with Gasteiger partial charge in [0.2, 0.25) is 0 Å². The molecule has 2 amide bonds. The number of hydrogen-bond acceptors (Lipinski definition) is 3. The van der Waals surface area contributed by atoms with Crippen LogP contribution in [0.5, 0.6) is 0 Å². The molecule has 1 aliphatic heterocycles. The highest BCUT2D eigenvalue weighted by Crippen LogP contribution is 2.31. The van der Waals surface area contributed by atoms with Gasteiger partial charge < -0.3 is 5.32 Å². The summed E-state index contributed by atoms with van der Waals surface area (Å²) in [4.78, 5) is 18.7. The van der Waals surface area contributed by atoms with Gasteiger partial charge in [0.15, 0.2) is 5.17 Å². The minimum Gasteiger partial charge on any atom is -0.307 e. The van der Waals surface area contributed by atoms with Crippen LogP contribution in [0.4, 0.5) is 20.6 Å². The zero-order valence-corrected chi connectivity index (χ0v) is 16.6. The number of amidine groups is 1. The average Bonchev–Trinajstić information content (AvgIpc) is 3.00. The van der Waals surface area contributed by atoms with Gasteiger partial charge in [-0.1, -0.05) is 53.5 Å². The van der Waals surface area contributed by atoms with Crippen molar-refractivity contribution in [3.63, 3.8) is 0 Å². The van der Waals surface area contributed by atoms with Gasteiger partial charge in [0.25, 0.3) is 0 Å². The minimum atomic E-state index is -0.561. The van der Waals surface area contributed by atoms with Crippen molar-refractivity contribution in [3.05, 3.63) is 57.3 Å². The number of hydrogen-bond donors (Lipinski definition) is 1. The van der Waals surface area contributed by atoms with E-state index >= 15 is 0 Å². The van der Waals surface area contributed by atoms with Crippen molar-refractivity contribution in [1.82, 2.24) is 0 Å². The lowest BCUT2D eigenvalue weighted by Gasteiger charge is -2.23. The third-order valence-electron chi connectivity index (χ3n) is 3.52. The number of nitrogens with zero attached hydrogens (tertiary/aromatic N) is 2. The Morgan fingerprint density at radius 1 is 1.19 bits per heavy atom. The van der Waals surface area contributed by atoms with E-state index in [0.717, 1.165) is 0 Å². The first-order chi connectivity index (χ1) is 12.3. The summed E-state index contributed by atoms with van der Waals surface area (Å²) in [6.45, 7) is 2.60. The van der Waals surface area contributed by atoms with Gasteiger partial charge in [0.1, 0.15) is 5.82 Å². The van der Waals surface area contributed by atoms with E-state index in [4.69, 9.17) is 34.8 Å². The Hall–Kier alpha value is -1.47. The van der Waals surface area contributed by atoms with Gasteiger partial charge in [-0.15, -0.1) is 0 Å². The number of thioether (sulfide) groups is 1. The number of nitrogens with one attached hydrogen (secondary N) is 1. The number of carbonyl (C=O) groups is 1. The van der Waals surface area contributed by atoms with Crippen molar-refractivity contribution < 1.29 is 9.18 Å². The zero-order valence-electron chi connectivity index (χ0n) is 13.5. The summed E-state index contributed by atoms with van der Waals surface area (Å²) < 4.78 is 13.5. The molecule has 0 bridgehead atoms. The molecule has 0 aliphatic carbocycles. The van der Waals surface area contributed by atoms with E-state index in [2.05, 4.69) is 10.3 Å². The highest BCUT2D eigenvalue weighted by Gasteiger charge is 2.28. The molecule has 0 aromatic heterocycles. The summed E-state index contributed by atoms with van der Waals surface area (Å²) in [5, 5.41) is 4.13. The smallest absolute Gasteiger partial charge is 0.307 e. The third kappa shape index (κ3) is 4.26. The largest absolute Gasteiger partial charge is 0.332 e. The number of amides is 2. The van der Waals surface area contributed by atoms with E-state index in [9.17, 15) is 9.18 Å². The number of rotatable bonds is 2. The molecule has 1 atom stereocenters. The maximum Gasteiger partial charge on any atom is 0.332 e. The lowest BCUT2D eigenvalue weighted by Crippen LogP contribution is -2.38. The lowest BCUT2D eigenvalue weighted by atomic mass is 10.3. The standard InChI is InChI=1S/C17H13Cl3FN3OS/c1-9-8-22-17(26-9)24(11-3-5-15(21)14(20)7-11)16(25)23-10-2-4-12(18)13(19)6-10/h2-7,9H,8H2,1H3,(H,23,25)/t9-/m1/s1. The highest BCUT2D eigenvalue weighted by molar-refractivity contribution is 8.15. The van der Waals surface area contributed by atoms with E-state index in [1.807, 2.05) is 6.92 Å². The van der Waals surface area contributed by atoms with Crippen LogP contribution in [0.1, 0.15) is 6.92 Å². The van der Waals surface area contributed by atoms with E-state index in [0.29, 0.717) is 33.1 Å². The summed E-state index contributed by atoms with van der Waals surface area (Å²) in [5.74, 6) is -0.561. The molecule has 0 saturated heterocycles. The second kappa shape index (κ2) is 8.05. The van der Waals surface area contributed by atoms with Crippen molar-refractivity contribution in [1.29, 1.82) is 0 Å². The van der Waals surface area contributed by atoms with Crippen LogP contribution >= 0.6 is 46.6 Å². The summed E-state index contributed by atoms with van der Waals surface area (Å²) >= 11 is 19.2. The van der Waals surface area contributed by atoms with Crippen LogP contribution in [0.2, 0.25) is 15.1 Å². The zero-order chi connectivity index (χ0) is 18.8. The van der Waals surface area contributed by atoms with Gasteiger partial charge in [-0.3, -0.25) is 4.99 Å². The molecule has 0 unspecified atom stereocenters. The van der Waals surface area contributed by atoms with Gasteiger partial charge in [0.05, 0.1) is 27.3 Å². The second-order valence-corrected chi connectivity index (χ2v) is 8.17. The number of aliphatic imine (C=N–C) groups is 1. The van der Waals surface area contributed by atoms with Crippen LogP contribution in [-0.2, 0) is 0 Å².